The second-order valence-electron chi connectivity index (χ2n) is 3.77. The maximum absolute atomic E-state index is 11.2. The van der Waals surface area contributed by atoms with Crippen molar-refractivity contribution in [2.24, 2.45) is 0 Å². The lowest BCUT2D eigenvalue weighted by molar-refractivity contribution is -0.122. The molecule has 1 unspecified atom stereocenters. The fraction of sp³-hybridized carbons (Fsp3) is 0.900. The Morgan fingerprint density at radius 3 is 2.64 bits per heavy atom. The first-order valence-corrected chi connectivity index (χ1v) is 5.60. The molecular formula is C10H20ClNO2. The maximum atomic E-state index is 11.2. The minimum Gasteiger partial charge on any atom is -0.388 e. The molecule has 0 aromatic carbocycles. The average Bonchev–Trinajstić information content (AvgIpc) is 2.16. The van der Waals surface area contributed by atoms with E-state index in [4.69, 9.17) is 11.6 Å². The second kappa shape index (κ2) is 7.07. The summed E-state index contributed by atoms with van der Waals surface area (Å²) in [5, 5.41) is 12.3. The van der Waals surface area contributed by atoms with Gasteiger partial charge >= 0.3 is 0 Å². The van der Waals surface area contributed by atoms with Crippen LogP contribution >= 0.6 is 11.6 Å². The first-order chi connectivity index (χ1) is 6.52. The van der Waals surface area contributed by atoms with E-state index in [2.05, 4.69) is 5.32 Å². The summed E-state index contributed by atoms with van der Waals surface area (Å²) in [6.07, 6.45) is 2.80. The summed E-state index contributed by atoms with van der Waals surface area (Å²) < 4.78 is 0. The van der Waals surface area contributed by atoms with E-state index >= 15 is 0 Å². The van der Waals surface area contributed by atoms with Crippen LogP contribution in [0.4, 0.5) is 0 Å². The molecular weight excluding hydrogens is 202 g/mol. The zero-order valence-electron chi connectivity index (χ0n) is 8.98. The molecule has 1 atom stereocenters. The van der Waals surface area contributed by atoms with Crippen LogP contribution in [0.2, 0.25) is 0 Å². The van der Waals surface area contributed by atoms with Crippen LogP contribution in [0, 0.1) is 0 Å². The van der Waals surface area contributed by atoms with E-state index in [1.54, 1.807) is 6.92 Å². The molecule has 0 aliphatic carbocycles. The summed E-state index contributed by atoms with van der Waals surface area (Å²) in [6, 6.07) is 0. The van der Waals surface area contributed by atoms with E-state index < -0.39 is 5.60 Å². The Kier molecular flexibility index (Phi) is 6.93. The molecule has 84 valence electrons. The fourth-order valence-electron chi connectivity index (χ4n) is 0.882. The van der Waals surface area contributed by atoms with Gasteiger partial charge in [-0.05, 0) is 26.2 Å². The van der Waals surface area contributed by atoms with Gasteiger partial charge in [0.05, 0.1) is 5.60 Å². The summed E-state index contributed by atoms with van der Waals surface area (Å²) in [4.78, 5) is 11.2. The quantitative estimate of drug-likeness (QED) is 0.508. The van der Waals surface area contributed by atoms with Gasteiger partial charge < -0.3 is 10.4 Å². The smallest absolute Gasteiger partial charge is 0.220 e. The van der Waals surface area contributed by atoms with Gasteiger partial charge in [-0.25, -0.2) is 0 Å². The molecule has 0 aromatic rings. The van der Waals surface area contributed by atoms with Gasteiger partial charge in [0.1, 0.15) is 0 Å². The van der Waals surface area contributed by atoms with Crippen molar-refractivity contribution in [2.45, 2.75) is 45.1 Å². The number of alkyl halides is 1. The van der Waals surface area contributed by atoms with E-state index in [9.17, 15) is 9.90 Å². The van der Waals surface area contributed by atoms with Crippen molar-refractivity contribution >= 4 is 17.5 Å². The highest BCUT2D eigenvalue weighted by Gasteiger charge is 2.17. The standard InChI is InChI=1S/C10H20ClNO2/c1-3-10(2,14)8-12-9(13)6-4-5-7-11/h14H,3-8H2,1-2H3,(H,12,13). The van der Waals surface area contributed by atoms with Crippen molar-refractivity contribution in [1.82, 2.24) is 5.32 Å². The minimum absolute atomic E-state index is 0.0103. The summed E-state index contributed by atoms with van der Waals surface area (Å²) in [5.41, 5.74) is -0.790. The number of amides is 1. The molecule has 0 fully saturated rings. The van der Waals surface area contributed by atoms with Gasteiger partial charge in [0.2, 0.25) is 5.91 Å². The number of carbonyl (C=O) groups is 1. The molecule has 0 spiro atoms. The number of halogens is 1. The molecule has 0 radical (unpaired) electrons. The molecule has 0 aromatic heterocycles. The number of rotatable bonds is 7. The highest BCUT2D eigenvalue weighted by molar-refractivity contribution is 6.17. The van der Waals surface area contributed by atoms with Crippen LogP contribution in [0.15, 0.2) is 0 Å². The Balaban J connectivity index is 3.53. The van der Waals surface area contributed by atoms with Crippen LogP contribution in [-0.4, -0.2) is 29.0 Å². The molecule has 0 aliphatic heterocycles. The van der Waals surface area contributed by atoms with Gasteiger partial charge in [-0.15, -0.1) is 11.6 Å². The Hall–Kier alpha value is -0.280. The molecule has 1 amide bonds. The van der Waals surface area contributed by atoms with Crippen LogP contribution in [0.25, 0.3) is 0 Å². The Morgan fingerprint density at radius 1 is 1.50 bits per heavy atom. The van der Waals surface area contributed by atoms with Gasteiger partial charge in [0, 0.05) is 18.8 Å². The highest BCUT2D eigenvalue weighted by Crippen LogP contribution is 2.06. The number of unbranched alkanes of at least 4 members (excludes halogenated alkanes) is 1. The summed E-state index contributed by atoms with van der Waals surface area (Å²) >= 11 is 5.49. The van der Waals surface area contributed by atoms with Crippen LogP contribution in [0.5, 0.6) is 0 Å². The molecule has 4 heteroatoms. The van der Waals surface area contributed by atoms with Crippen molar-refractivity contribution in [3.63, 3.8) is 0 Å². The second-order valence-corrected chi connectivity index (χ2v) is 4.15. The first-order valence-electron chi connectivity index (χ1n) is 5.07. The predicted molar refractivity (Wildman–Crippen MR) is 58.5 cm³/mol. The number of hydrogen-bond donors (Lipinski definition) is 2. The fourth-order valence-corrected chi connectivity index (χ4v) is 1.07. The van der Waals surface area contributed by atoms with Gasteiger partial charge in [-0.1, -0.05) is 6.92 Å². The third-order valence-corrected chi connectivity index (χ3v) is 2.48. The van der Waals surface area contributed by atoms with E-state index in [-0.39, 0.29) is 5.91 Å². The average molecular weight is 222 g/mol. The van der Waals surface area contributed by atoms with Crippen molar-refractivity contribution < 1.29 is 9.90 Å². The van der Waals surface area contributed by atoms with Gasteiger partial charge in [-0.2, -0.15) is 0 Å². The van der Waals surface area contributed by atoms with Crippen LogP contribution in [0.3, 0.4) is 0 Å². The highest BCUT2D eigenvalue weighted by atomic mass is 35.5. The van der Waals surface area contributed by atoms with Crippen LogP contribution < -0.4 is 5.32 Å². The van der Waals surface area contributed by atoms with Crippen molar-refractivity contribution in [3.8, 4) is 0 Å². The first kappa shape index (κ1) is 13.7. The third-order valence-electron chi connectivity index (χ3n) is 2.22. The van der Waals surface area contributed by atoms with E-state index in [1.165, 1.54) is 0 Å². The Bertz CT molecular complexity index is 172. The van der Waals surface area contributed by atoms with Gasteiger partial charge in [0.15, 0.2) is 0 Å². The number of carbonyl (C=O) groups excluding carboxylic acids is 1. The number of nitrogens with one attached hydrogen (secondary N) is 1. The van der Waals surface area contributed by atoms with Gasteiger partial charge in [-0.3, -0.25) is 4.79 Å². The molecule has 2 N–H and O–H groups in total. The molecule has 0 aliphatic rings. The molecule has 3 nitrogen and oxygen atoms in total. The molecule has 14 heavy (non-hydrogen) atoms. The molecule has 0 bridgehead atoms. The van der Waals surface area contributed by atoms with Crippen LogP contribution in [0.1, 0.15) is 39.5 Å². The topological polar surface area (TPSA) is 49.3 Å². The summed E-state index contributed by atoms with van der Waals surface area (Å²) in [6.45, 7) is 3.93. The van der Waals surface area contributed by atoms with Crippen molar-refractivity contribution in [2.75, 3.05) is 12.4 Å². The lowest BCUT2D eigenvalue weighted by Crippen LogP contribution is -2.39. The third kappa shape index (κ3) is 7.15. The predicted octanol–water partition coefficient (Wildman–Crippen LogP) is 1.67. The zero-order valence-corrected chi connectivity index (χ0v) is 9.73. The Labute approximate surface area is 90.8 Å². The largest absolute Gasteiger partial charge is 0.388 e. The van der Waals surface area contributed by atoms with Crippen LogP contribution in [-0.2, 0) is 4.79 Å². The monoisotopic (exact) mass is 221 g/mol. The number of hydrogen-bond acceptors (Lipinski definition) is 2. The van der Waals surface area contributed by atoms with E-state index in [1.807, 2.05) is 6.92 Å². The zero-order chi connectivity index (χ0) is 11.0. The van der Waals surface area contributed by atoms with Crippen molar-refractivity contribution in [1.29, 1.82) is 0 Å². The lowest BCUT2D eigenvalue weighted by Gasteiger charge is -2.21. The van der Waals surface area contributed by atoms with Gasteiger partial charge in [0.25, 0.3) is 0 Å². The maximum Gasteiger partial charge on any atom is 0.220 e. The van der Waals surface area contributed by atoms with E-state index in [0.29, 0.717) is 25.3 Å². The SMILES string of the molecule is CCC(C)(O)CNC(=O)CCCCCl. The molecule has 0 rings (SSSR count). The lowest BCUT2D eigenvalue weighted by atomic mass is 10.0. The summed E-state index contributed by atoms with van der Waals surface area (Å²) in [5.74, 6) is 0.587. The molecule has 0 saturated heterocycles. The van der Waals surface area contributed by atoms with Crippen molar-refractivity contribution in [3.05, 3.63) is 0 Å². The number of aliphatic hydroxyl groups is 1. The van der Waals surface area contributed by atoms with E-state index in [0.717, 1.165) is 12.8 Å². The molecule has 0 saturated carbocycles. The molecule has 0 heterocycles. The minimum atomic E-state index is -0.790. The summed E-state index contributed by atoms with van der Waals surface area (Å²) in [7, 11) is 0. The Morgan fingerprint density at radius 2 is 2.14 bits per heavy atom. The normalized spacial score (nSPS) is 14.9.